The van der Waals surface area contributed by atoms with Crippen LogP contribution in [0, 0.1) is 11.3 Å². The van der Waals surface area contributed by atoms with E-state index >= 15 is 0 Å². The minimum absolute atomic E-state index is 0.211. The lowest BCUT2D eigenvalue weighted by Gasteiger charge is -2.20. The number of carbonyl (C=O) groups is 1. The number of rotatable bonds is 6. The predicted molar refractivity (Wildman–Crippen MR) is 85.7 cm³/mol. The number of hydrogen-bond acceptors (Lipinski definition) is 4. The third kappa shape index (κ3) is 4.31. The Balaban J connectivity index is 2.03. The van der Waals surface area contributed by atoms with E-state index in [2.05, 4.69) is 5.32 Å². The fraction of sp³-hybridized carbons (Fsp3) is 0.222. The lowest BCUT2D eigenvalue weighted by atomic mass is 10.1. The Kier molecular flexibility index (Phi) is 5.73. The molecular weight excluding hydrogens is 292 g/mol. The number of nitrogens with zero attached hydrogens (tertiary/aromatic N) is 1. The summed E-state index contributed by atoms with van der Waals surface area (Å²) >= 11 is 0. The summed E-state index contributed by atoms with van der Waals surface area (Å²) in [6, 6.07) is 17.5. The van der Waals surface area contributed by atoms with Crippen molar-refractivity contribution in [2.75, 3.05) is 6.61 Å². The zero-order valence-electron chi connectivity index (χ0n) is 12.8. The van der Waals surface area contributed by atoms with Gasteiger partial charge in [0, 0.05) is 0 Å². The van der Waals surface area contributed by atoms with Crippen molar-refractivity contribution >= 4 is 5.91 Å². The van der Waals surface area contributed by atoms with Gasteiger partial charge in [-0.2, -0.15) is 5.26 Å². The molecule has 0 aromatic heterocycles. The van der Waals surface area contributed by atoms with E-state index in [0.29, 0.717) is 11.3 Å². The van der Waals surface area contributed by atoms with Gasteiger partial charge in [0.15, 0.2) is 6.10 Å². The van der Waals surface area contributed by atoms with Crippen LogP contribution in [0.2, 0.25) is 0 Å². The molecule has 0 heterocycles. The SMILES string of the molecule is CC(Oc1ccccc1C#N)C(=O)NC(CO)c1ccccc1. The zero-order chi connectivity index (χ0) is 16.7. The normalized spacial score (nSPS) is 12.7. The molecule has 5 nitrogen and oxygen atoms in total. The smallest absolute Gasteiger partial charge is 0.261 e. The van der Waals surface area contributed by atoms with E-state index in [1.54, 1.807) is 31.2 Å². The Morgan fingerprint density at radius 3 is 2.52 bits per heavy atom. The number of amides is 1. The average molecular weight is 310 g/mol. The van der Waals surface area contributed by atoms with E-state index in [4.69, 9.17) is 10.00 Å². The lowest BCUT2D eigenvalue weighted by molar-refractivity contribution is -0.128. The van der Waals surface area contributed by atoms with Crippen molar-refractivity contribution in [3.63, 3.8) is 0 Å². The molecular formula is C18H18N2O3. The van der Waals surface area contributed by atoms with Gasteiger partial charge >= 0.3 is 0 Å². The Hall–Kier alpha value is -2.84. The van der Waals surface area contributed by atoms with Crippen molar-refractivity contribution in [1.82, 2.24) is 5.32 Å². The van der Waals surface area contributed by atoms with Gasteiger partial charge in [0.05, 0.1) is 18.2 Å². The quantitative estimate of drug-likeness (QED) is 0.856. The summed E-state index contributed by atoms with van der Waals surface area (Å²) in [5.41, 5.74) is 1.18. The summed E-state index contributed by atoms with van der Waals surface area (Å²) < 4.78 is 5.56. The van der Waals surface area contributed by atoms with Crippen molar-refractivity contribution < 1.29 is 14.6 Å². The molecule has 0 aliphatic carbocycles. The zero-order valence-corrected chi connectivity index (χ0v) is 12.8. The molecule has 2 unspecified atom stereocenters. The second kappa shape index (κ2) is 7.97. The van der Waals surface area contributed by atoms with Crippen LogP contribution in [0.1, 0.15) is 24.1 Å². The van der Waals surface area contributed by atoms with Crippen LogP contribution in [0.5, 0.6) is 5.75 Å². The van der Waals surface area contributed by atoms with Gasteiger partial charge in [-0.1, -0.05) is 42.5 Å². The Morgan fingerprint density at radius 2 is 1.87 bits per heavy atom. The van der Waals surface area contributed by atoms with Crippen LogP contribution in [-0.2, 0) is 4.79 Å². The number of hydrogen-bond donors (Lipinski definition) is 2. The van der Waals surface area contributed by atoms with E-state index in [1.807, 2.05) is 36.4 Å². The second-order valence-corrected chi connectivity index (χ2v) is 5.02. The maximum absolute atomic E-state index is 12.3. The van der Waals surface area contributed by atoms with Gasteiger partial charge in [0.1, 0.15) is 11.8 Å². The summed E-state index contributed by atoms with van der Waals surface area (Å²) in [6.45, 7) is 1.39. The van der Waals surface area contributed by atoms with E-state index in [0.717, 1.165) is 5.56 Å². The number of aliphatic hydroxyl groups is 1. The molecule has 2 rings (SSSR count). The second-order valence-electron chi connectivity index (χ2n) is 5.02. The molecule has 2 aromatic carbocycles. The number of nitrogens with one attached hydrogen (secondary N) is 1. The first-order chi connectivity index (χ1) is 11.2. The summed E-state index contributed by atoms with van der Waals surface area (Å²) in [5.74, 6) is -0.00134. The fourth-order valence-electron chi connectivity index (χ4n) is 2.11. The van der Waals surface area contributed by atoms with Gasteiger partial charge < -0.3 is 15.2 Å². The highest BCUT2D eigenvalue weighted by Gasteiger charge is 2.20. The molecule has 0 saturated heterocycles. The minimum atomic E-state index is -0.790. The van der Waals surface area contributed by atoms with Gasteiger partial charge in [-0.05, 0) is 24.6 Å². The van der Waals surface area contributed by atoms with Crippen molar-refractivity contribution in [3.05, 3.63) is 65.7 Å². The number of benzene rings is 2. The molecule has 1 amide bonds. The first kappa shape index (κ1) is 16.5. The van der Waals surface area contributed by atoms with Crippen LogP contribution >= 0.6 is 0 Å². The molecule has 0 bridgehead atoms. The Labute approximate surface area is 135 Å². The summed E-state index contributed by atoms with van der Waals surface area (Å²) in [7, 11) is 0. The van der Waals surface area contributed by atoms with Crippen LogP contribution in [-0.4, -0.2) is 23.7 Å². The molecule has 0 fully saturated rings. The number of ether oxygens (including phenoxy) is 1. The molecule has 23 heavy (non-hydrogen) atoms. The van der Waals surface area contributed by atoms with Gasteiger partial charge in [0.2, 0.25) is 0 Å². The molecule has 118 valence electrons. The van der Waals surface area contributed by atoms with Crippen molar-refractivity contribution in [2.45, 2.75) is 19.1 Å². The number of para-hydroxylation sites is 1. The van der Waals surface area contributed by atoms with Crippen molar-refractivity contribution in [1.29, 1.82) is 5.26 Å². The average Bonchev–Trinajstić information content (AvgIpc) is 2.60. The monoisotopic (exact) mass is 310 g/mol. The largest absolute Gasteiger partial charge is 0.480 e. The molecule has 2 atom stereocenters. The molecule has 2 N–H and O–H groups in total. The van der Waals surface area contributed by atoms with Crippen molar-refractivity contribution in [2.24, 2.45) is 0 Å². The van der Waals surface area contributed by atoms with E-state index in [-0.39, 0.29) is 12.5 Å². The number of carbonyl (C=O) groups excluding carboxylic acids is 1. The third-order valence-electron chi connectivity index (χ3n) is 3.38. The number of aliphatic hydroxyl groups excluding tert-OH is 1. The summed E-state index contributed by atoms with van der Waals surface area (Å²) in [6.07, 6.45) is -0.790. The first-order valence-electron chi connectivity index (χ1n) is 7.27. The highest BCUT2D eigenvalue weighted by Crippen LogP contribution is 2.19. The van der Waals surface area contributed by atoms with E-state index in [1.165, 1.54) is 0 Å². The first-order valence-corrected chi connectivity index (χ1v) is 7.27. The highest BCUT2D eigenvalue weighted by molar-refractivity contribution is 5.81. The van der Waals surface area contributed by atoms with Crippen LogP contribution in [0.3, 0.4) is 0 Å². The van der Waals surface area contributed by atoms with E-state index < -0.39 is 12.1 Å². The molecule has 0 spiro atoms. The van der Waals surface area contributed by atoms with E-state index in [9.17, 15) is 9.90 Å². The summed E-state index contributed by atoms with van der Waals surface area (Å²) in [4.78, 5) is 12.3. The highest BCUT2D eigenvalue weighted by atomic mass is 16.5. The van der Waals surface area contributed by atoms with Gasteiger partial charge in [-0.3, -0.25) is 4.79 Å². The van der Waals surface area contributed by atoms with Gasteiger partial charge in [-0.25, -0.2) is 0 Å². The molecule has 2 aromatic rings. The van der Waals surface area contributed by atoms with Crippen LogP contribution in [0.25, 0.3) is 0 Å². The summed E-state index contributed by atoms with van der Waals surface area (Å²) in [5, 5.41) is 21.3. The number of nitriles is 1. The van der Waals surface area contributed by atoms with Crippen molar-refractivity contribution in [3.8, 4) is 11.8 Å². The predicted octanol–water partition coefficient (Wildman–Crippen LogP) is 2.18. The van der Waals surface area contributed by atoms with Crippen LogP contribution in [0.4, 0.5) is 0 Å². The molecule has 0 saturated carbocycles. The molecule has 0 aliphatic heterocycles. The lowest BCUT2D eigenvalue weighted by Crippen LogP contribution is -2.39. The molecule has 0 radical (unpaired) electrons. The van der Waals surface area contributed by atoms with Crippen LogP contribution in [0.15, 0.2) is 54.6 Å². The fourth-order valence-corrected chi connectivity index (χ4v) is 2.11. The Bertz CT molecular complexity index is 695. The standard InChI is InChI=1S/C18H18N2O3/c1-13(23-17-10-6-5-9-15(17)11-19)18(22)20-16(12-21)14-7-3-2-4-8-14/h2-10,13,16,21H,12H2,1H3,(H,20,22). The maximum Gasteiger partial charge on any atom is 0.261 e. The third-order valence-corrected chi connectivity index (χ3v) is 3.38. The topological polar surface area (TPSA) is 82.3 Å². The molecule has 5 heteroatoms. The van der Waals surface area contributed by atoms with Gasteiger partial charge in [0.25, 0.3) is 5.91 Å². The van der Waals surface area contributed by atoms with Crippen LogP contribution < -0.4 is 10.1 Å². The maximum atomic E-state index is 12.3. The molecule has 0 aliphatic rings. The van der Waals surface area contributed by atoms with Gasteiger partial charge in [-0.15, -0.1) is 0 Å². The minimum Gasteiger partial charge on any atom is -0.480 e. The Morgan fingerprint density at radius 1 is 1.22 bits per heavy atom.